The summed E-state index contributed by atoms with van der Waals surface area (Å²) in [6, 6.07) is 3.72. The lowest BCUT2D eigenvalue weighted by atomic mass is 9.76. The molecule has 2 rings (SSSR count). The molecule has 0 bridgehead atoms. The van der Waals surface area contributed by atoms with E-state index in [0.29, 0.717) is 41.6 Å². The zero-order chi connectivity index (χ0) is 19.3. The smallest absolute Gasteiger partial charge is 0.327 e. The van der Waals surface area contributed by atoms with Gasteiger partial charge in [0.05, 0.1) is 0 Å². The molecule has 1 atom stereocenters. The van der Waals surface area contributed by atoms with Crippen LogP contribution in [0, 0.1) is 0 Å². The van der Waals surface area contributed by atoms with E-state index in [2.05, 4.69) is 4.98 Å². The van der Waals surface area contributed by atoms with E-state index in [1.54, 1.807) is 39.2 Å². The molecule has 1 aromatic heterocycles. The zero-order valence-electron chi connectivity index (χ0n) is 15.3. The van der Waals surface area contributed by atoms with E-state index < -0.39 is 5.97 Å². The first kappa shape index (κ1) is 19.5. The zero-order valence-corrected chi connectivity index (χ0v) is 15.3. The van der Waals surface area contributed by atoms with Gasteiger partial charge in [-0.15, -0.1) is 0 Å². The van der Waals surface area contributed by atoms with Crippen LogP contribution >= 0.6 is 0 Å². The molecule has 1 unspecified atom stereocenters. The molecule has 0 spiro atoms. The van der Waals surface area contributed by atoms with Gasteiger partial charge in [-0.05, 0) is 51.7 Å². The van der Waals surface area contributed by atoms with E-state index in [9.17, 15) is 14.4 Å². The number of hydrogen-bond donors (Lipinski definition) is 1. The van der Waals surface area contributed by atoms with Crippen LogP contribution in [0.15, 0.2) is 59.0 Å². The summed E-state index contributed by atoms with van der Waals surface area (Å²) in [6.45, 7) is 5.09. The Morgan fingerprint density at radius 1 is 1.15 bits per heavy atom. The Morgan fingerprint density at radius 2 is 1.85 bits per heavy atom. The Balaban J connectivity index is 2.34. The van der Waals surface area contributed by atoms with Crippen molar-refractivity contribution in [1.29, 1.82) is 0 Å². The third-order valence-corrected chi connectivity index (χ3v) is 4.79. The minimum absolute atomic E-state index is 0.0863. The van der Waals surface area contributed by atoms with Crippen molar-refractivity contribution < 1.29 is 19.5 Å². The molecule has 0 aromatic carbocycles. The first-order valence-electron chi connectivity index (χ1n) is 8.61. The van der Waals surface area contributed by atoms with E-state index in [0.717, 1.165) is 11.6 Å². The predicted molar refractivity (Wildman–Crippen MR) is 98.7 cm³/mol. The number of aromatic nitrogens is 1. The summed E-state index contributed by atoms with van der Waals surface area (Å²) in [5.74, 6) is -1.38. The van der Waals surface area contributed by atoms with Gasteiger partial charge in [-0.2, -0.15) is 0 Å². The quantitative estimate of drug-likeness (QED) is 0.458. The molecule has 1 aromatic rings. The van der Waals surface area contributed by atoms with Crippen LogP contribution in [0.2, 0.25) is 0 Å². The minimum Gasteiger partial charge on any atom is -0.478 e. The number of carbonyl (C=O) groups is 3. The summed E-state index contributed by atoms with van der Waals surface area (Å²) in [5.41, 5.74) is 2.92. The molecule has 136 valence electrons. The van der Waals surface area contributed by atoms with E-state index in [1.165, 1.54) is 0 Å². The Kier molecular flexibility index (Phi) is 6.39. The molecule has 0 saturated carbocycles. The van der Waals surface area contributed by atoms with Crippen molar-refractivity contribution in [2.24, 2.45) is 0 Å². The lowest BCUT2D eigenvalue weighted by molar-refractivity contribution is -0.131. The Morgan fingerprint density at radius 3 is 2.46 bits per heavy atom. The molecule has 0 saturated heterocycles. The molecular weight excluding hydrogens is 330 g/mol. The third kappa shape index (κ3) is 4.23. The van der Waals surface area contributed by atoms with E-state index in [1.807, 2.05) is 12.1 Å². The average Bonchev–Trinajstić information content (AvgIpc) is 2.63. The lowest BCUT2D eigenvalue weighted by Crippen LogP contribution is -2.24. The highest BCUT2D eigenvalue weighted by molar-refractivity contribution is 6.25. The van der Waals surface area contributed by atoms with Gasteiger partial charge in [-0.3, -0.25) is 14.6 Å². The fourth-order valence-corrected chi connectivity index (χ4v) is 3.22. The van der Waals surface area contributed by atoms with Crippen LogP contribution in [0.3, 0.4) is 0 Å². The number of rotatable bonds is 7. The SMILES string of the molecule is CC1=C(C)C(=O)C(C(CCC/C=C\C(=O)O)c2cccnc2)=C(C)C1=O. The fourth-order valence-electron chi connectivity index (χ4n) is 3.22. The highest BCUT2D eigenvalue weighted by atomic mass is 16.4. The first-order chi connectivity index (χ1) is 12.3. The molecule has 5 nitrogen and oxygen atoms in total. The second-order valence-electron chi connectivity index (χ2n) is 6.46. The molecule has 0 aliphatic heterocycles. The van der Waals surface area contributed by atoms with Gasteiger partial charge in [0.1, 0.15) is 0 Å². The standard InChI is InChI=1S/C21H23NO4/c1-13-14(2)21(26)19(15(3)20(13)25)17(16-8-7-11-22-12-16)9-5-4-6-10-18(23)24/h6-8,10-12,17H,4-5,9H2,1-3H3,(H,23,24)/b10-6-. The summed E-state index contributed by atoms with van der Waals surface area (Å²) >= 11 is 0. The van der Waals surface area contributed by atoms with Crippen LogP contribution in [0.1, 0.15) is 51.5 Å². The predicted octanol–water partition coefficient (Wildman–Crippen LogP) is 3.78. The molecule has 0 radical (unpaired) electrons. The second-order valence-corrected chi connectivity index (χ2v) is 6.46. The number of carboxylic acids is 1. The summed E-state index contributed by atoms with van der Waals surface area (Å²) in [5, 5.41) is 8.67. The summed E-state index contributed by atoms with van der Waals surface area (Å²) in [6.07, 6.45) is 8.03. The van der Waals surface area contributed by atoms with Crippen molar-refractivity contribution in [2.45, 2.75) is 46.0 Å². The van der Waals surface area contributed by atoms with Gasteiger partial charge in [0.2, 0.25) is 0 Å². The second kappa shape index (κ2) is 8.52. The number of unbranched alkanes of at least 4 members (excludes halogenated alkanes) is 1. The van der Waals surface area contributed by atoms with E-state index in [-0.39, 0.29) is 17.5 Å². The van der Waals surface area contributed by atoms with Gasteiger partial charge in [0.25, 0.3) is 0 Å². The van der Waals surface area contributed by atoms with Crippen LogP contribution in [0.5, 0.6) is 0 Å². The van der Waals surface area contributed by atoms with Crippen molar-refractivity contribution in [3.8, 4) is 0 Å². The molecule has 26 heavy (non-hydrogen) atoms. The van der Waals surface area contributed by atoms with Crippen molar-refractivity contribution in [3.63, 3.8) is 0 Å². The molecule has 5 heteroatoms. The maximum Gasteiger partial charge on any atom is 0.327 e. The first-order valence-corrected chi connectivity index (χ1v) is 8.61. The number of aliphatic carboxylic acids is 1. The largest absolute Gasteiger partial charge is 0.478 e. The number of carboxylic acid groups (broad SMARTS) is 1. The van der Waals surface area contributed by atoms with Gasteiger partial charge in [0, 0.05) is 46.7 Å². The molecular formula is C21H23NO4. The highest BCUT2D eigenvalue weighted by Gasteiger charge is 2.33. The maximum absolute atomic E-state index is 12.9. The van der Waals surface area contributed by atoms with E-state index >= 15 is 0 Å². The lowest BCUT2D eigenvalue weighted by Gasteiger charge is -2.26. The monoisotopic (exact) mass is 353 g/mol. The number of allylic oxidation sites excluding steroid dienone is 5. The van der Waals surface area contributed by atoms with Crippen molar-refractivity contribution in [1.82, 2.24) is 4.98 Å². The van der Waals surface area contributed by atoms with Crippen molar-refractivity contribution in [3.05, 3.63) is 64.5 Å². The molecule has 1 aliphatic carbocycles. The van der Waals surface area contributed by atoms with Crippen LogP contribution in [-0.2, 0) is 14.4 Å². The summed E-state index contributed by atoms with van der Waals surface area (Å²) in [7, 11) is 0. The number of Topliss-reactive ketones (excluding diaryl/α,β-unsaturated/α-hetero) is 2. The highest BCUT2D eigenvalue weighted by Crippen LogP contribution is 2.37. The number of ketones is 2. The van der Waals surface area contributed by atoms with Gasteiger partial charge in [-0.25, -0.2) is 4.79 Å². The molecule has 0 fully saturated rings. The number of hydrogen-bond acceptors (Lipinski definition) is 4. The fraction of sp³-hybridized carbons (Fsp3) is 0.333. The Bertz CT molecular complexity index is 816. The number of carbonyl (C=O) groups excluding carboxylic acids is 2. The summed E-state index contributed by atoms with van der Waals surface area (Å²) < 4.78 is 0. The number of pyridine rings is 1. The third-order valence-electron chi connectivity index (χ3n) is 4.79. The Hall–Kier alpha value is -2.82. The van der Waals surface area contributed by atoms with Gasteiger partial charge >= 0.3 is 5.97 Å². The van der Waals surface area contributed by atoms with Crippen molar-refractivity contribution >= 4 is 17.5 Å². The van der Waals surface area contributed by atoms with Crippen LogP contribution < -0.4 is 0 Å². The maximum atomic E-state index is 12.9. The van der Waals surface area contributed by atoms with Gasteiger partial charge in [-0.1, -0.05) is 12.1 Å². The topological polar surface area (TPSA) is 84.3 Å². The normalized spacial score (nSPS) is 16.6. The molecule has 1 N–H and O–H groups in total. The average molecular weight is 353 g/mol. The van der Waals surface area contributed by atoms with E-state index in [4.69, 9.17) is 5.11 Å². The molecule has 1 aliphatic rings. The molecule has 0 amide bonds. The van der Waals surface area contributed by atoms with Gasteiger partial charge < -0.3 is 5.11 Å². The minimum atomic E-state index is -0.975. The Labute approximate surface area is 153 Å². The van der Waals surface area contributed by atoms with Gasteiger partial charge in [0.15, 0.2) is 11.6 Å². The molecule has 1 heterocycles. The van der Waals surface area contributed by atoms with Crippen LogP contribution in [0.4, 0.5) is 0 Å². The number of nitrogens with zero attached hydrogens (tertiary/aromatic N) is 1. The summed E-state index contributed by atoms with van der Waals surface area (Å²) in [4.78, 5) is 40.1. The van der Waals surface area contributed by atoms with Crippen LogP contribution in [-0.4, -0.2) is 27.6 Å². The van der Waals surface area contributed by atoms with Crippen molar-refractivity contribution in [2.75, 3.05) is 0 Å². The van der Waals surface area contributed by atoms with Crippen LogP contribution in [0.25, 0.3) is 0 Å².